The van der Waals surface area contributed by atoms with E-state index < -0.39 is 0 Å². The number of fused-ring (bicyclic) bond motifs is 1. The van der Waals surface area contributed by atoms with Crippen LogP contribution < -0.4 is 9.47 Å². The smallest absolute Gasteiger partial charge is 0.247 e. The highest BCUT2D eigenvalue weighted by Gasteiger charge is 2.26. The maximum Gasteiger partial charge on any atom is 0.247 e. The molecule has 0 radical (unpaired) electrons. The van der Waals surface area contributed by atoms with E-state index in [2.05, 4.69) is 0 Å². The van der Waals surface area contributed by atoms with Crippen LogP contribution in [0.3, 0.4) is 0 Å². The predicted octanol–water partition coefficient (Wildman–Crippen LogP) is 4.00. The summed E-state index contributed by atoms with van der Waals surface area (Å²) in [6.07, 6.45) is 4.00. The molecule has 136 valence electrons. The SMILES string of the molecule is COc1cc(/C=C/C(=O)N2CCc3ccc(F)cc3C2C)cc(OC)c1. The number of amides is 1. The number of benzene rings is 2. The summed E-state index contributed by atoms with van der Waals surface area (Å²) < 4.78 is 24.1. The van der Waals surface area contributed by atoms with Crippen molar-refractivity contribution < 1.29 is 18.7 Å². The molecule has 3 rings (SSSR count). The van der Waals surface area contributed by atoms with Crippen LogP contribution in [0.25, 0.3) is 6.08 Å². The quantitative estimate of drug-likeness (QED) is 0.778. The number of hydrogen-bond donors (Lipinski definition) is 0. The van der Waals surface area contributed by atoms with Crippen molar-refractivity contribution in [2.75, 3.05) is 20.8 Å². The predicted molar refractivity (Wildman–Crippen MR) is 98.8 cm³/mol. The van der Waals surface area contributed by atoms with E-state index in [-0.39, 0.29) is 17.8 Å². The molecule has 4 nitrogen and oxygen atoms in total. The van der Waals surface area contributed by atoms with Crippen molar-refractivity contribution in [1.82, 2.24) is 4.90 Å². The number of halogens is 1. The van der Waals surface area contributed by atoms with Gasteiger partial charge in [0.15, 0.2) is 0 Å². The minimum Gasteiger partial charge on any atom is -0.497 e. The molecular formula is C21H22FNO3. The number of carbonyl (C=O) groups excluding carboxylic acids is 1. The Morgan fingerprint density at radius 3 is 2.50 bits per heavy atom. The van der Waals surface area contributed by atoms with Gasteiger partial charge in [0.2, 0.25) is 5.91 Å². The Balaban J connectivity index is 1.79. The summed E-state index contributed by atoms with van der Waals surface area (Å²) in [5, 5.41) is 0. The monoisotopic (exact) mass is 355 g/mol. The lowest BCUT2D eigenvalue weighted by Gasteiger charge is -2.34. The molecule has 0 aliphatic carbocycles. The average Bonchev–Trinajstić information content (AvgIpc) is 2.66. The largest absolute Gasteiger partial charge is 0.497 e. The molecule has 1 amide bonds. The average molecular weight is 355 g/mol. The normalized spacial score (nSPS) is 16.5. The first-order valence-electron chi connectivity index (χ1n) is 8.52. The molecule has 0 aromatic heterocycles. The van der Waals surface area contributed by atoms with Gasteiger partial charge in [0.25, 0.3) is 0 Å². The highest BCUT2D eigenvalue weighted by molar-refractivity contribution is 5.92. The van der Waals surface area contributed by atoms with Gasteiger partial charge in [-0.1, -0.05) is 6.07 Å². The minimum atomic E-state index is -0.274. The standard InChI is InChI=1S/C21H22FNO3/c1-14-20-12-17(22)6-5-16(20)8-9-23(14)21(24)7-4-15-10-18(25-2)13-19(11-15)26-3/h4-7,10-14H,8-9H2,1-3H3/b7-4+. The Labute approximate surface area is 152 Å². The summed E-state index contributed by atoms with van der Waals surface area (Å²) in [6.45, 7) is 2.54. The van der Waals surface area contributed by atoms with Crippen LogP contribution in [0.4, 0.5) is 4.39 Å². The summed E-state index contributed by atoms with van der Waals surface area (Å²) >= 11 is 0. The lowest BCUT2D eigenvalue weighted by molar-refractivity contribution is -0.128. The fourth-order valence-electron chi connectivity index (χ4n) is 3.27. The molecular weight excluding hydrogens is 333 g/mol. The zero-order valence-electron chi connectivity index (χ0n) is 15.2. The highest BCUT2D eigenvalue weighted by atomic mass is 19.1. The molecule has 5 heteroatoms. The molecule has 26 heavy (non-hydrogen) atoms. The van der Waals surface area contributed by atoms with Gasteiger partial charge in [0.1, 0.15) is 17.3 Å². The van der Waals surface area contributed by atoms with Gasteiger partial charge in [-0.3, -0.25) is 4.79 Å². The van der Waals surface area contributed by atoms with Crippen LogP contribution >= 0.6 is 0 Å². The summed E-state index contributed by atoms with van der Waals surface area (Å²) in [6, 6.07) is 10.1. The van der Waals surface area contributed by atoms with Crippen molar-refractivity contribution >= 4 is 12.0 Å². The fraction of sp³-hybridized carbons (Fsp3) is 0.286. The molecule has 1 atom stereocenters. The van der Waals surface area contributed by atoms with E-state index in [0.29, 0.717) is 18.0 Å². The molecule has 1 aliphatic heterocycles. The first-order chi connectivity index (χ1) is 12.5. The Morgan fingerprint density at radius 1 is 1.15 bits per heavy atom. The van der Waals surface area contributed by atoms with Crippen molar-refractivity contribution in [1.29, 1.82) is 0 Å². The van der Waals surface area contributed by atoms with E-state index in [9.17, 15) is 9.18 Å². The van der Waals surface area contributed by atoms with Crippen molar-refractivity contribution in [3.8, 4) is 11.5 Å². The first-order valence-corrected chi connectivity index (χ1v) is 8.52. The fourth-order valence-corrected chi connectivity index (χ4v) is 3.27. The highest BCUT2D eigenvalue weighted by Crippen LogP contribution is 2.30. The van der Waals surface area contributed by atoms with Crippen LogP contribution in [-0.2, 0) is 11.2 Å². The zero-order chi connectivity index (χ0) is 18.7. The van der Waals surface area contributed by atoms with E-state index in [1.807, 2.05) is 19.1 Å². The van der Waals surface area contributed by atoms with E-state index in [1.54, 1.807) is 37.3 Å². The van der Waals surface area contributed by atoms with Crippen molar-refractivity contribution in [3.05, 3.63) is 65.0 Å². The van der Waals surface area contributed by atoms with Crippen LogP contribution in [-0.4, -0.2) is 31.6 Å². The van der Waals surface area contributed by atoms with Crippen LogP contribution in [0, 0.1) is 5.82 Å². The number of methoxy groups -OCH3 is 2. The molecule has 2 aromatic carbocycles. The summed E-state index contributed by atoms with van der Waals surface area (Å²) in [4.78, 5) is 14.4. The molecule has 0 N–H and O–H groups in total. The molecule has 0 saturated carbocycles. The Morgan fingerprint density at radius 2 is 1.85 bits per heavy atom. The van der Waals surface area contributed by atoms with Gasteiger partial charge < -0.3 is 14.4 Å². The second kappa shape index (κ2) is 7.60. The number of rotatable bonds is 4. The number of ether oxygens (including phenoxy) is 2. The van der Waals surface area contributed by atoms with Crippen molar-refractivity contribution in [2.45, 2.75) is 19.4 Å². The molecule has 0 fully saturated rings. The second-order valence-electron chi connectivity index (χ2n) is 6.28. The zero-order valence-corrected chi connectivity index (χ0v) is 15.2. The van der Waals surface area contributed by atoms with Gasteiger partial charge in [-0.25, -0.2) is 4.39 Å². The Hall–Kier alpha value is -2.82. The minimum absolute atomic E-state index is 0.103. The summed E-state index contributed by atoms with van der Waals surface area (Å²) in [7, 11) is 3.17. The van der Waals surface area contributed by atoms with Gasteiger partial charge >= 0.3 is 0 Å². The molecule has 2 aromatic rings. The first kappa shape index (κ1) is 18.0. The van der Waals surface area contributed by atoms with Crippen LogP contribution in [0.5, 0.6) is 11.5 Å². The van der Waals surface area contributed by atoms with E-state index >= 15 is 0 Å². The van der Waals surface area contributed by atoms with Gasteiger partial charge in [-0.2, -0.15) is 0 Å². The van der Waals surface area contributed by atoms with Gasteiger partial charge in [0, 0.05) is 18.7 Å². The van der Waals surface area contributed by atoms with Crippen LogP contribution in [0.15, 0.2) is 42.5 Å². The summed E-state index contributed by atoms with van der Waals surface area (Å²) in [5.74, 6) is 0.942. The van der Waals surface area contributed by atoms with Gasteiger partial charge in [-0.15, -0.1) is 0 Å². The van der Waals surface area contributed by atoms with E-state index in [4.69, 9.17) is 9.47 Å². The van der Waals surface area contributed by atoms with Crippen LogP contribution in [0.1, 0.15) is 29.7 Å². The third-order valence-corrected chi connectivity index (χ3v) is 4.72. The van der Waals surface area contributed by atoms with Gasteiger partial charge in [-0.05, 0) is 60.4 Å². The molecule has 0 saturated heterocycles. The molecule has 0 spiro atoms. The lowest BCUT2D eigenvalue weighted by Crippen LogP contribution is -2.37. The number of nitrogens with zero attached hydrogens (tertiary/aromatic N) is 1. The van der Waals surface area contributed by atoms with Crippen LogP contribution in [0.2, 0.25) is 0 Å². The molecule has 0 bridgehead atoms. The van der Waals surface area contributed by atoms with E-state index in [0.717, 1.165) is 23.1 Å². The van der Waals surface area contributed by atoms with Crippen molar-refractivity contribution in [3.63, 3.8) is 0 Å². The third-order valence-electron chi connectivity index (χ3n) is 4.72. The molecule has 1 unspecified atom stereocenters. The summed E-state index contributed by atoms with van der Waals surface area (Å²) in [5.41, 5.74) is 2.79. The maximum atomic E-state index is 13.6. The third kappa shape index (κ3) is 3.72. The Bertz CT molecular complexity index is 825. The number of carbonyl (C=O) groups is 1. The molecule has 1 aliphatic rings. The second-order valence-corrected chi connectivity index (χ2v) is 6.28. The van der Waals surface area contributed by atoms with E-state index in [1.165, 1.54) is 18.2 Å². The van der Waals surface area contributed by atoms with Gasteiger partial charge in [0.05, 0.1) is 20.3 Å². The Kier molecular flexibility index (Phi) is 5.26. The maximum absolute atomic E-state index is 13.6. The number of hydrogen-bond acceptors (Lipinski definition) is 3. The topological polar surface area (TPSA) is 38.8 Å². The lowest BCUT2D eigenvalue weighted by atomic mass is 9.93. The van der Waals surface area contributed by atoms with Crippen molar-refractivity contribution in [2.24, 2.45) is 0 Å². The molecule has 1 heterocycles.